The summed E-state index contributed by atoms with van der Waals surface area (Å²) >= 11 is 0. The van der Waals surface area contributed by atoms with Gasteiger partial charge in [-0.3, -0.25) is 0 Å². The molecule has 2 nitrogen and oxygen atoms in total. The lowest BCUT2D eigenvalue weighted by atomic mass is 9.91. The largest absolute Gasteiger partial charge is 0.456 e. The number of para-hydroxylation sites is 1. The molecule has 0 spiro atoms. The van der Waals surface area contributed by atoms with E-state index in [-0.39, 0.29) is 0 Å². The number of rotatable bonds is 7. The molecule has 62 heavy (non-hydrogen) atoms. The number of hydrogen-bond donors (Lipinski definition) is 0. The number of anilines is 3. The van der Waals surface area contributed by atoms with Crippen molar-refractivity contribution in [2.75, 3.05) is 4.90 Å². The summed E-state index contributed by atoms with van der Waals surface area (Å²) < 4.78 is 6.35. The Balaban J connectivity index is 1.05. The van der Waals surface area contributed by atoms with Crippen LogP contribution >= 0.6 is 0 Å². The summed E-state index contributed by atoms with van der Waals surface area (Å²) in [5.41, 5.74) is 14.4. The zero-order valence-electron chi connectivity index (χ0n) is 33.9. The highest BCUT2D eigenvalue weighted by molar-refractivity contribution is 6.14. The van der Waals surface area contributed by atoms with Crippen LogP contribution < -0.4 is 4.90 Å². The average Bonchev–Trinajstić information content (AvgIpc) is 3.72. The second-order valence-electron chi connectivity index (χ2n) is 16.1. The number of furan rings is 1. The first-order valence-corrected chi connectivity index (χ1v) is 21.2. The Morgan fingerprint density at radius 2 is 0.855 bits per heavy atom. The van der Waals surface area contributed by atoms with E-state index in [1.807, 2.05) is 12.1 Å². The standard InChI is InChI=1S/C60H39NO/c1-2-14-42(15-3-1)52-33-29-48(56-37-47-17-6-7-20-51(47)53-21-8-9-22-54(53)56)38-58(52)61(50-32-34-60-57(39-50)55-23-10-11-24-59(55)62-60)49-30-27-41(28-31-49)44-18-12-19-45(35-44)46-26-25-40-13-4-5-16-43(40)36-46/h1-39H. The Morgan fingerprint density at radius 3 is 1.69 bits per heavy atom. The van der Waals surface area contributed by atoms with Gasteiger partial charge in [-0.2, -0.15) is 0 Å². The molecule has 2 heteroatoms. The van der Waals surface area contributed by atoms with Crippen LogP contribution in [0.3, 0.4) is 0 Å². The van der Waals surface area contributed by atoms with E-state index in [1.165, 1.54) is 54.6 Å². The van der Waals surface area contributed by atoms with Crippen LogP contribution in [-0.2, 0) is 0 Å². The smallest absolute Gasteiger partial charge is 0.135 e. The maximum absolute atomic E-state index is 6.35. The summed E-state index contributed by atoms with van der Waals surface area (Å²) in [6, 6.07) is 85.7. The van der Waals surface area contributed by atoms with Crippen molar-refractivity contribution in [1.82, 2.24) is 0 Å². The Morgan fingerprint density at radius 1 is 0.258 bits per heavy atom. The number of nitrogens with zero attached hydrogens (tertiary/aromatic N) is 1. The predicted molar refractivity (Wildman–Crippen MR) is 263 cm³/mol. The molecule has 0 aliphatic carbocycles. The van der Waals surface area contributed by atoms with Gasteiger partial charge in [0.25, 0.3) is 0 Å². The lowest BCUT2D eigenvalue weighted by molar-refractivity contribution is 0.669. The first kappa shape index (κ1) is 35.7. The fourth-order valence-corrected chi connectivity index (χ4v) is 9.37. The first-order chi connectivity index (χ1) is 30.7. The maximum Gasteiger partial charge on any atom is 0.135 e. The number of benzene rings is 11. The van der Waals surface area contributed by atoms with E-state index in [9.17, 15) is 0 Å². The molecule has 0 unspecified atom stereocenters. The number of fused-ring (bicyclic) bond motifs is 7. The first-order valence-electron chi connectivity index (χ1n) is 21.2. The molecule has 0 bridgehead atoms. The average molecular weight is 790 g/mol. The van der Waals surface area contributed by atoms with Gasteiger partial charge in [0.15, 0.2) is 0 Å². The lowest BCUT2D eigenvalue weighted by Gasteiger charge is -2.29. The summed E-state index contributed by atoms with van der Waals surface area (Å²) in [5, 5.41) is 9.66. The van der Waals surface area contributed by atoms with E-state index >= 15 is 0 Å². The van der Waals surface area contributed by atoms with Crippen LogP contribution in [0.4, 0.5) is 17.1 Å². The van der Waals surface area contributed by atoms with Crippen LogP contribution in [0.5, 0.6) is 0 Å². The molecule has 0 atom stereocenters. The second-order valence-corrected chi connectivity index (χ2v) is 16.1. The van der Waals surface area contributed by atoms with Crippen LogP contribution in [0.25, 0.3) is 98.8 Å². The topological polar surface area (TPSA) is 16.4 Å². The molecular weight excluding hydrogens is 751 g/mol. The minimum Gasteiger partial charge on any atom is -0.456 e. The molecule has 0 saturated carbocycles. The maximum atomic E-state index is 6.35. The summed E-state index contributed by atoms with van der Waals surface area (Å²) in [5.74, 6) is 0. The van der Waals surface area contributed by atoms with Crippen molar-refractivity contribution in [2.45, 2.75) is 0 Å². The van der Waals surface area contributed by atoms with Crippen molar-refractivity contribution < 1.29 is 4.42 Å². The van der Waals surface area contributed by atoms with E-state index in [4.69, 9.17) is 4.42 Å². The SMILES string of the molecule is c1ccc(-c2ccc(-c3cc4ccccc4c4ccccc34)cc2N(c2ccc(-c3cccc(-c4ccc5ccccc5c4)c3)cc2)c2ccc3oc4ccccc4c3c2)cc1. The third kappa shape index (κ3) is 6.20. The molecule has 12 aromatic rings. The fraction of sp³-hybridized carbons (Fsp3) is 0. The van der Waals surface area contributed by atoms with Gasteiger partial charge in [0.1, 0.15) is 11.2 Å². The summed E-state index contributed by atoms with van der Waals surface area (Å²) in [4.78, 5) is 2.42. The van der Waals surface area contributed by atoms with Crippen LogP contribution in [0.1, 0.15) is 0 Å². The van der Waals surface area contributed by atoms with E-state index in [0.29, 0.717) is 0 Å². The molecule has 290 valence electrons. The van der Waals surface area contributed by atoms with Crippen molar-refractivity contribution in [3.05, 3.63) is 237 Å². The highest BCUT2D eigenvalue weighted by Gasteiger charge is 2.21. The highest BCUT2D eigenvalue weighted by Crippen LogP contribution is 2.46. The van der Waals surface area contributed by atoms with E-state index in [1.54, 1.807) is 0 Å². The van der Waals surface area contributed by atoms with Crippen LogP contribution in [-0.4, -0.2) is 0 Å². The molecule has 11 aromatic carbocycles. The Kier molecular flexibility index (Phi) is 8.53. The van der Waals surface area contributed by atoms with Gasteiger partial charge in [-0.25, -0.2) is 0 Å². The molecule has 1 aromatic heterocycles. The van der Waals surface area contributed by atoms with Gasteiger partial charge in [0.2, 0.25) is 0 Å². The molecule has 0 aliphatic rings. The van der Waals surface area contributed by atoms with Gasteiger partial charge >= 0.3 is 0 Å². The molecule has 12 rings (SSSR count). The molecule has 0 aliphatic heterocycles. The van der Waals surface area contributed by atoms with Gasteiger partial charge in [-0.15, -0.1) is 0 Å². The third-order valence-corrected chi connectivity index (χ3v) is 12.4. The number of hydrogen-bond acceptors (Lipinski definition) is 2. The lowest BCUT2D eigenvalue weighted by Crippen LogP contribution is -2.11. The van der Waals surface area contributed by atoms with Crippen molar-refractivity contribution >= 4 is 71.3 Å². The second kappa shape index (κ2) is 14.8. The fourth-order valence-electron chi connectivity index (χ4n) is 9.37. The van der Waals surface area contributed by atoms with Crippen LogP contribution in [0.2, 0.25) is 0 Å². The molecule has 1 heterocycles. The van der Waals surface area contributed by atoms with Crippen molar-refractivity contribution in [3.63, 3.8) is 0 Å². The molecule has 0 radical (unpaired) electrons. The summed E-state index contributed by atoms with van der Waals surface area (Å²) in [6.07, 6.45) is 0. The Labute approximate surface area is 360 Å². The van der Waals surface area contributed by atoms with Gasteiger partial charge in [0, 0.05) is 27.7 Å². The predicted octanol–water partition coefficient (Wildman–Crippen LogP) is 17.2. The van der Waals surface area contributed by atoms with E-state index in [0.717, 1.165) is 61.3 Å². The zero-order valence-corrected chi connectivity index (χ0v) is 33.9. The molecule has 0 N–H and O–H groups in total. The Bertz CT molecular complexity index is 3640. The summed E-state index contributed by atoms with van der Waals surface area (Å²) in [7, 11) is 0. The van der Waals surface area contributed by atoms with Crippen LogP contribution in [0.15, 0.2) is 241 Å². The zero-order chi connectivity index (χ0) is 41.0. The third-order valence-electron chi connectivity index (χ3n) is 12.4. The van der Waals surface area contributed by atoms with Crippen molar-refractivity contribution in [1.29, 1.82) is 0 Å². The van der Waals surface area contributed by atoms with Crippen molar-refractivity contribution in [2.24, 2.45) is 0 Å². The summed E-state index contributed by atoms with van der Waals surface area (Å²) in [6.45, 7) is 0. The molecule has 0 saturated heterocycles. The van der Waals surface area contributed by atoms with Gasteiger partial charge < -0.3 is 9.32 Å². The molecular formula is C60H39NO. The van der Waals surface area contributed by atoms with Gasteiger partial charge in [-0.1, -0.05) is 176 Å². The quantitative estimate of drug-likeness (QED) is 0.150. The molecule has 0 amide bonds. The normalized spacial score (nSPS) is 11.5. The van der Waals surface area contributed by atoms with Gasteiger partial charge in [-0.05, 0) is 132 Å². The van der Waals surface area contributed by atoms with Gasteiger partial charge in [0.05, 0.1) is 5.69 Å². The van der Waals surface area contributed by atoms with Crippen LogP contribution in [0, 0.1) is 0 Å². The monoisotopic (exact) mass is 789 g/mol. The minimum atomic E-state index is 0.871. The van der Waals surface area contributed by atoms with Crippen molar-refractivity contribution in [3.8, 4) is 44.5 Å². The highest BCUT2D eigenvalue weighted by atomic mass is 16.3. The minimum absolute atomic E-state index is 0.871. The molecule has 0 fully saturated rings. The van der Waals surface area contributed by atoms with E-state index in [2.05, 4.69) is 229 Å². The van der Waals surface area contributed by atoms with E-state index < -0.39 is 0 Å². The Hall–Kier alpha value is -8.20.